The van der Waals surface area contributed by atoms with Gasteiger partial charge in [-0.3, -0.25) is 0 Å². The highest BCUT2D eigenvalue weighted by molar-refractivity contribution is 5.76. The van der Waals surface area contributed by atoms with Crippen LogP contribution in [0.1, 0.15) is 19.8 Å². The van der Waals surface area contributed by atoms with E-state index in [0.29, 0.717) is 6.42 Å². The van der Waals surface area contributed by atoms with Gasteiger partial charge in [-0.15, -0.1) is 0 Å². The molecule has 0 aromatic carbocycles. The van der Waals surface area contributed by atoms with Gasteiger partial charge in [0.1, 0.15) is 12.2 Å². The first-order valence-electron chi connectivity index (χ1n) is 6.12. The van der Waals surface area contributed by atoms with E-state index in [0.717, 1.165) is 6.42 Å². The van der Waals surface area contributed by atoms with Crippen molar-refractivity contribution < 1.29 is 29.2 Å². The second-order valence-electron chi connectivity index (χ2n) is 4.39. The zero-order chi connectivity index (χ0) is 13.1. The zero-order valence-electron chi connectivity index (χ0n) is 10.2. The van der Waals surface area contributed by atoms with Crippen molar-refractivity contribution in [2.24, 2.45) is 0 Å². The molecular formula is C12H18O6. The van der Waals surface area contributed by atoms with Crippen LogP contribution in [0.25, 0.3) is 0 Å². The fourth-order valence-electron chi connectivity index (χ4n) is 2.04. The molecule has 6 nitrogen and oxygen atoms in total. The minimum absolute atomic E-state index is 0.171. The molecule has 2 fully saturated rings. The maximum absolute atomic E-state index is 11.2. The Balaban J connectivity index is 1.95. The van der Waals surface area contributed by atoms with Crippen molar-refractivity contribution in [2.45, 2.75) is 50.5 Å². The Labute approximate surface area is 105 Å². The molecule has 2 saturated heterocycles. The first-order valence-corrected chi connectivity index (χ1v) is 6.12. The van der Waals surface area contributed by atoms with Gasteiger partial charge in [-0.2, -0.15) is 0 Å². The lowest BCUT2D eigenvalue weighted by Gasteiger charge is -2.42. The highest BCUT2D eigenvalue weighted by Gasteiger charge is 2.48. The van der Waals surface area contributed by atoms with E-state index < -0.39 is 36.7 Å². The number of allylic oxidation sites excluding steroid dienone is 1. The monoisotopic (exact) mass is 258 g/mol. The van der Waals surface area contributed by atoms with Crippen molar-refractivity contribution in [2.75, 3.05) is 6.61 Å². The number of hydrogen-bond donors (Lipinski definition) is 2. The van der Waals surface area contributed by atoms with Crippen LogP contribution in [0.2, 0.25) is 0 Å². The fraction of sp³-hybridized carbons (Fsp3) is 0.750. The summed E-state index contributed by atoms with van der Waals surface area (Å²) >= 11 is 0. The predicted octanol–water partition coefficient (Wildman–Crippen LogP) is -0.269. The molecule has 0 saturated carbocycles. The third kappa shape index (κ3) is 2.72. The van der Waals surface area contributed by atoms with Crippen molar-refractivity contribution in [3.05, 3.63) is 12.2 Å². The van der Waals surface area contributed by atoms with Gasteiger partial charge in [-0.25, -0.2) is 4.79 Å². The quantitative estimate of drug-likeness (QED) is 0.535. The lowest BCUT2D eigenvalue weighted by atomic mass is 9.99. The summed E-state index contributed by atoms with van der Waals surface area (Å²) in [4.78, 5) is 11.2. The molecule has 102 valence electrons. The van der Waals surface area contributed by atoms with Crippen molar-refractivity contribution in [1.82, 2.24) is 0 Å². The summed E-state index contributed by atoms with van der Waals surface area (Å²) in [5.74, 6) is -0.833. The summed E-state index contributed by atoms with van der Waals surface area (Å²) in [7, 11) is 0. The number of hydrogen-bond acceptors (Lipinski definition) is 6. The Kier molecular flexibility index (Phi) is 4.34. The fourth-order valence-corrected chi connectivity index (χ4v) is 2.04. The smallest absolute Gasteiger partial charge is 0.338 e. The number of carbonyl (C=O) groups excluding carboxylic acids is 1. The third-order valence-corrected chi connectivity index (χ3v) is 3.02. The van der Waals surface area contributed by atoms with E-state index in [1.807, 2.05) is 19.1 Å². The van der Waals surface area contributed by atoms with Crippen LogP contribution < -0.4 is 0 Å². The van der Waals surface area contributed by atoms with Crippen molar-refractivity contribution in [1.29, 1.82) is 0 Å². The first-order chi connectivity index (χ1) is 8.63. The average molecular weight is 258 g/mol. The van der Waals surface area contributed by atoms with E-state index in [4.69, 9.17) is 14.2 Å². The number of rotatable bonds is 3. The summed E-state index contributed by atoms with van der Waals surface area (Å²) in [6, 6.07) is 0. The molecule has 18 heavy (non-hydrogen) atoms. The average Bonchev–Trinajstić information content (AvgIpc) is 2.37. The van der Waals surface area contributed by atoms with E-state index in [1.54, 1.807) is 0 Å². The molecule has 2 aliphatic rings. The van der Waals surface area contributed by atoms with E-state index in [1.165, 1.54) is 0 Å². The van der Waals surface area contributed by atoms with E-state index in [2.05, 4.69) is 0 Å². The SMILES string of the molecule is CC/C=C\CC1OCC2OC(=O)C(O)C(O)[C@@H]2O1. The number of carbonyl (C=O) groups is 1. The molecule has 0 spiro atoms. The second kappa shape index (κ2) is 5.79. The number of esters is 1. The molecule has 2 N–H and O–H groups in total. The molecule has 0 radical (unpaired) electrons. The largest absolute Gasteiger partial charge is 0.455 e. The standard InChI is InChI=1S/C12H18O6/c1-2-3-4-5-8-16-6-7-11(18-8)9(13)10(14)12(15)17-7/h3-4,7-11,13-14H,2,5-6H2,1H3/b4-3-/t7?,8?,9?,10?,11-/m1/s1. The molecule has 5 atom stereocenters. The van der Waals surface area contributed by atoms with Gasteiger partial charge in [-0.1, -0.05) is 19.1 Å². The van der Waals surface area contributed by atoms with Gasteiger partial charge >= 0.3 is 5.97 Å². The van der Waals surface area contributed by atoms with E-state index in [-0.39, 0.29) is 6.61 Å². The van der Waals surface area contributed by atoms with Crippen LogP contribution in [0.15, 0.2) is 12.2 Å². The Bertz CT molecular complexity index is 327. The molecule has 2 aliphatic heterocycles. The van der Waals surface area contributed by atoms with Crippen LogP contribution in [0.3, 0.4) is 0 Å². The van der Waals surface area contributed by atoms with Crippen LogP contribution in [-0.4, -0.2) is 53.5 Å². The lowest BCUT2D eigenvalue weighted by Crippen LogP contribution is -2.61. The van der Waals surface area contributed by atoms with Crippen molar-refractivity contribution >= 4 is 5.97 Å². The van der Waals surface area contributed by atoms with Crippen molar-refractivity contribution in [3.8, 4) is 0 Å². The van der Waals surface area contributed by atoms with Crippen LogP contribution in [0, 0.1) is 0 Å². The Morgan fingerprint density at radius 3 is 2.89 bits per heavy atom. The lowest BCUT2D eigenvalue weighted by molar-refractivity contribution is -0.297. The molecule has 2 heterocycles. The summed E-state index contributed by atoms with van der Waals surface area (Å²) in [6.45, 7) is 2.20. The summed E-state index contributed by atoms with van der Waals surface area (Å²) < 4.78 is 15.8. The van der Waals surface area contributed by atoms with Gasteiger partial charge in [0.25, 0.3) is 0 Å². The molecule has 4 unspecified atom stereocenters. The number of aliphatic hydroxyl groups is 2. The topological polar surface area (TPSA) is 85.2 Å². The van der Waals surface area contributed by atoms with Crippen LogP contribution >= 0.6 is 0 Å². The molecular weight excluding hydrogens is 240 g/mol. The number of fused-ring (bicyclic) bond motifs is 1. The molecule has 0 aromatic rings. The minimum Gasteiger partial charge on any atom is -0.455 e. The maximum Gasteiger partial charge on any atom is 0.338 e. The Hall–Kier alpha value is -0.950. The molecule has 2 rings (SSSR count). The minimum atomic E-state index is -1.55. The van der Waals surface area contributed by atoms with Gasteiger partial charge in [-0.05, 0) is 6.42 Å². The predicted molar refractivity (Wildman–Crippen MR) is 60.6 cm³/mol. The van der Waals surface area contributed by atoms with Gasteiger partial charge in [0.05, 0.1) is 6.61 Å². The van der Waals surface area contributed by atoms with E-state index in [9.17, 15) is 15.0 Å². The summed E-state index contributed by atoms with van der Waals surface area (Å²) in [5.41, 5.74) is 0. The second-order valence-corrected chi connectivity index (χ2v) is 4.39. The van der Waals surface area contributed by atoms with Gasteiger partial charge in [0.15, 0.2) is 18.5 Å². The molecule has 6 heteroatoms. The van der Waals surface area contributed by atoms with Crippen LogP contribution in [0.5, 0.6) is 0 Å². The maximum atomic E-state index is 11.2. The first kappa shape index (κ1) is 13.5. The van der Waals surface area contributed by atoms with Crippen LogP contribution in [0.4, 0.5) is 0 Å². The number of ether oxygens (including phenoxy) is 3. The van der Waals surface area contributed by atoms with Gasteiger partial charge in [0.2, 0.25) is 0 Å². The zero-order valence-corrected chi connectivity index (χ0v) is 10.2. The Morgan fingerprint density at radius 1 is 1.39 bits per heavy atom. The third-order valence-electron chi connectivity index (χ3n) is 3.02. The summed E-state index contributed by atoms with van der Waals surface area (Å²) in [6.07, 6.45) is 0.745. The van der Waals surface area contributed by atoms with Crippen molar-refractivity contribution in [3.63, 3.8) is 0 Å². The van der Waals surface area contributed by atoms with Gasteiger partial charge < -0.3 is 24.4 Å². The highest BCUT2D eigenvalue weighted by Crippen LogP contribution is 2.26. The normalized spacial score (nSPS) is 40.6. The van der Waals surface area contributed by atoms with Crippen LogP contribution in [-0.2, 0) is 19.0 Å². The molecule has 0 aromatic heterocycles. The summed E-state index contributed by atoms with van der Waals surface area (Å²) in [5, 5.41) is 19.2. The Morgan fingerprint density at radius 2 is 2.17 bits per heavy atom. The highest BCUT2D eigenvalue weighted by atomic mass is 16.7. The molecule has 0 amide bonds. The molecule has 0 bridgehead atoms. The number of aliphatic hydroxyl groups excluding tert-OH is 2. The van der Waals surface area contributed by atoms with Gasteiger partial charge in [0, 0.05) is 6.42 Å². The molecule has 0 aliphatic carbocycles. The van der Waals surface area contributed by atoms with E-state index >= 15 is 0 Å².